The number of aryl methyl sites for hydroxylation is 2. The van der Waals surface area contributed by atoms with Gasteiger partial charge in [0.1, 0.15) is 0 Å². The van der Waals surface area contributed by atoms with E-state index in [0.717, 1.165) is 38.1 Å². The van der Waals surface area contributed by atoms with Gasteiger partial charge in [0.25, 0.3) is 0 Å². The number of rotatable bonds is 9. The fraction of sp³-hybridized carbons (Fsp3) is 0.786. The molecule has 2 atom stereocenters. The van der Waals surface area contributed by atoms with Crippen molar-refractivity contribution in [3.05, 3.63) is 17.5 Å². The molecule has 0 bridgehead atoms. The maximum Gasteiger partial charge on any atom is 0.0745 e. The first-order valence-corrected chi connectivity index (χ1v) is 7.27. The first-order chi connectivity index (χ1) is 9.15. The molecule has 0 aliphatic rings. The number of ether oxygens (including phenoxy) is 1. The predicted molar refractivity (Wildman–Crippen MR) is 77.8 cm³/mol. The standard InChI is InChI=1S/C14H28N4O/c1-5-8-14(19-7-3)13(16-15)10-12-9-11(4)17-18(12)6-2/h9,13-14,16H,5-8,10,15H2,1-4H3. The Hall–Kier alpha value is -0.910. The highest BCUT2D eigenvalue weighted by molar-refractivity contribution is 5.11. The van der Waals surface area contributed by atoms with Crippen LogP contribution in [0.3, 0.4) is 0 Å². The zero-order chi connectivity index (χ0) is 14.3. The number of nitrogens with one attached hydrogen (secondary N) is 1. The normalized spacial score (nSPS) is 14.6. The van der Waals surface area contributed by atoms with E-state index in [1.807, 2.05) is 18.5 Å². The van der Waals surface area contributed by atoms with E-state index in [1.165, 1.54) is 5.69 Å². The summed E-state index contributed by atoms with van der Waals surface area (Å²) in [5.41, 5.74) is 5.18. The highest BCUT2D eigenvalue weighted by Crippen LogP contribution is 2.14. The molecule has 2 unspecified atom stereocenters. The van der Waals surface area contributed by atoms with E-state index < -0.39 is 0 Å². The first kappa shape index (κ1) is 16.1. The van der Waals surface area contributed by atoms with Gasteiger partial charge in [0.15, 0.2) is 0 Å². The molecule has 110 valence electrons. The molecule has 3 N–H and O–H groups in total. The van der Waals surface area contributed by atoms with Gasteiger partial charge >= 0.3 is 0 Å². The van der Waals surface area contributed by atoms with Crippen molar-refractivity contribution in [2.75, 3.05) is 6.61 Å². The van der Waals surface area contributed by atoms with Crippen LogP contribution in [0.1, 0.15) is 45.0 Å². The van der Waals surface area contributed by atoms with Crippen LogP contribution in [0.15, 0.2) is 6.07 Å². The first-order valence-electron chi connectivity index (χ1n) is 7.27. The molecule has 1 rings (SSSR count). The Morgan fingerprint density at radius 2 is 2.16 bits per heavy atom. The van der Waals surface area contributed by atoms with Crippen molar-refractivity contribution in [1.29, 1.82) is 0 Å². The molecule has 0 aliphatic carbocycles. The highest BCUT2D eigenvalue weighted by Gasteiger charge is 2.22. The van der Waals surface area contributed by atoms with E-state index >= 15 is 0 Å². The fourth-order valence-electron chi connectivity index (χ4n) is 2.46. The zero-order valence-electron chi connectivity index (χ0n) is 12.6. The molecular formula is C14H28N4O. The van der Waals surface area contributed by atoms with Gasteiger partial charge < -0.3 is 4.74 Å². The van der Waals surface area contributed by atoms with E-state index in [4.69, 9.17) is 10.6 Å². The van der Waals surface area contributed by atoms with Gasteiger partial charge in [-0.2, -0.15) is 5.10 Å². The predicted octanol–water partition coefficient (Wildman–Crippen LogP) is 1.79. The largest absolute Gasteiger partial charge is 0.377 e. The van der Waals surface area contributed by atoms with E-state index in [0.29, 0.717) is 0 Å². The van der Waals surface area contributed by atoms with Crippen LogP contribution in [-0.4, -0.2) is 28.5 Å². The van der Waals surface area contributed by atoms with Crippen molar-refractivity contribution in [1.82, 2.24) is 15.2 Å². The number of nitrogens with zero attached hydrogens (tertiary/aromatic N) is 2. The van der Waals surface area contributed by atoms with Crippen LogP contribution in [0.2, 0.25) is 0 Å². The summed E-state index contributed by atoms with van der Waals surface area (Å²) in [4.78, 5) is 0. The van der Waals surface area contributed by atoms with Crippen LogP contribution in [-0.2, 0) is 17.7 Å². The van der Waals surface area contributed by atoms with Crippen LogP contribution in [0.25, 0.3) is 0 Å². The second kappa shape index (κ2) is 8.30. The summed E-state index contributed by atoms with van der Waals surface area (Å²) in [6, 6.07) is 2.25. The maximum absolute atomic E-state index is 5.82. The third-order valence-electron chi connectivity index (χ3n) is 3.33. The van der Waals surface area contributed by atoms with Crippen molar-refractivity contribution in [2.24, 2.45) is 5.84 Å². The molecule has 0 fully saturated rings. The number of hydrazine groups is 1. The molecule has 5 nitrogen and oxygen atoms in total. The summed E-state index contributed by atoms with van der Waals surface area (Å²) in [7, 11) is 0. The van der Waals surface area contributed by atoms with Crippen LogP contribution < -0.4 is 11.3 Å². The Balaban J connectivity index is 2.78. The number of hydrogen-bond donors (Lipinski definition) is 2. The molecule has 0 radical (unpaired) electrons. The number of nitrogens with two attached hydrogens (primary N) is 1. The topological polar surface area (TPSA) is 65.1 Å². The molecule has 0 amide bonds. The minimum Gasteiger partial charge on any atom is -0.377 e. The second-order valence-electron chi connectivity index (χ2n) is 4.85. The third kappa shape index (κ3) is 4.60. The van der Waals surface area contributed by atoms with Crippen molar-refractivity contribution in [3.8, 4) is 0 Å². The minimum absolute atomic E-state index is 0.126. The molecule has 0 saturated heterocycles. The monoisotopic (exact) mass is 268 g/mol. The molecule has 1 heterocycles. The Bertz CT molecular complexity index is 358. The van der Waals surface area contributed by atoms with Gasteiger partial charge in [0.2, 0.25) is 0 Å². The molecule has 0 spiro atoms. The van der Waals surface area contributed by atoms with Gasteiger partial charge in [0, 0.05) is 25.3 Å². The average molecular weight is 268 g/mol. The van der Waals surface area contributed by atoms with Crippen LogP contribution in [0, 0.1) is 6.92 Å². The lowest BCUT2D eigenvalue weighted by Gasteiger charge is -2.26. The van der Waals surface area contributed by atoms with E-state index in [9.17, 15) is 0 Å². The number of aromatic nitrogens is 2. The summed E-state index contributed by atoms with van der Waals surface area (Å²) in [6.45, 7) is 9.92. The Kier molecular flexibility index (Phi) is 7.05. The second-order valence-corrected chi connectivity index (χ2v) is 4.85. The molecular weight excluding hydrogens is 240 g/mol. The lowest BCUT2D eigenvalue weighted by molar-refractivity contribution is 0.0277. The highest BCUT2D eigenvalue weighted by atomic mass is 16.5. The summed E-state index contributed by atoms with van der Waals surface area (Å²) in [5, 5.41) is 4.48. The zero-order valence-corrected chi connectivity index (χ0v) is 12.6. The lowest BCUT2D eigenvalue weighted by Crippen LogP contribution is -2.47. The summed E-state index contributed by atoms with van der Waals surface area (Å²) in [6.07, 6.45) is 3.10. The van der Waals surface area contributed by atoms with Crippen LogP contribution >= 0.6 is 0 Å². The Morgan fingerprint density at radius 3 is 2.68 bits per heavy atom. The molecule has 0 aliphatic heterocycles. The summed E-state index contributed by atoms with van der Waals surface area (Å²) in [5.74, 6) is 5.72. The lowest BCUT2D eigenvalue weighted by atomic mass is 10.0. The van der Waals surface area contributed by atoms with Gasteiger partial charge in [-0.3, -0.25) is 16.0 Å². The average Bonchev–Trinajstić information content (AvgIpc) is 2.76. The van der Waals surface area contributed by atoms with Crippen molar-refractivity contribution in [2.45, 2.75) is 65.6 Å². The molecule has 5 heteroatoms. The van der Waals surface area contributed by atoms with Gasteiger partial charge in [-0.25, -0.2) is 0 Å². The van der Waals surface area contributed by atoms with Gasteiger partial charge in [0.05, 0.1) is 17.8 Å². The SMILES string of the molecule is CCCC(OCC)C(Cc1cc(C)nn1CC)NN. The van der Waals surface area contributed by atoms with Crippen LogP contribution in [0.4, 0.5) is 0 Å². The maximum atomic E-state index is 5.82. The van der Waals surface area contributed by atoms with Crippen molar-refractivity contribution < 1.29 is 4.74 Å². The summed E-state index contributed by atoms with van der Waals surface area (Å²) >= 11 is 0. The van der Waals surface area contributed by atoms with Gasteiger partial charge in [-0.1, -0.05) is 13.3 Å². The van der Waals surface area contributed by atoms with E-state index in [-0.39, 0.29) is 12.1 Å². The van der Waals surface area contributed by atoms with Crippen LogP contribution in [0.5, 0.6) is 0 Å². The minimum atomic E-state index is 0.126. The molecule has 1 aromatic rings. The Labute approximate surface area is 116 Å². The molecule has 0 saturated carbocycles. The number of hydrogen-bond acceptors (Lipinski definition) is 4. The van der Waals surface area contributed by atoms with E-state index in [1.54, 1.807) is 0 Å². The Morgan fingerprint density at radius 1 is 1.42 bits per heavy atom. The molecule has 19 heavy (non-hydrogen) atoms. The fourth-order valence-corrected chi connectivity index (χ4v) is 2.46. The van der Waals surface area contributed by atoms with Gasteiger partial charge in [-0.15, -0.1) is 0 Å². The van der Waals surface area contributed by atoms with Crippen molar-refractivity contribution in [3.63, 3.8) is 0 Å². The van der Waals surface area contributed by atoms with Crippen molar-refractivity contribution >= 4 is 0 Å². The molecule has 0 aromatic carbocycles. The quantitative estimate of drug-likeness (QED) is 0.529. The van der Waals surface area contributed by atoms with E-state index in [2.05, 4.69) is 30.4 Å². The summed E-state index contributed by atoms with van der Waals surface area (Å²) < 4.78 is 7.85. The van der Waals surface area contributed by atoms with Gasteiger partial charge in [-0.05, 0) is 33.3 Å². The molecule has 1 aromatic heterocycles. The third-order valence-corrected chi connectivity index (χ3v) is 3.33. The smallest absolute Gasteiger partial charge is 0.0745 e.